The predicted molar refractivity (Wildman–Crippen MR) is 72.4 cm³/mol. The Hall–Kier alpha value is -0.150. The molecule has 2 nitrogen and oxygen atoms in total. The van der Waals surface area contributed by atoms with Crippen LogP contribution < -0.4 is 5.73 Å². The van der Waals surface area contributed by atoms with E-state index in [0.717, 1.165) is 24.3 Å². The van der Waals surface area contributed by atoms with Crippen LogP contribution in [0.3, 0.4) is 0 Å². The fourth-order valence-electron chi connectivity index (χ4n) is 3.56. The van der Waals surface area contributed by atoms with Gasteiger partial charge in [0, 0.05) is 19.1 Å². The molecule has 16 heavy (non-hydrogen) atoms. The second-order valence-electron chi connectivity index (χ2n) is 5.92. The minimum absolute atomic E-state index is 0.556. The van der Waals surface area contributed by atoms with E-state index in [-0.39, 0.29) is 0 Å². The molecule has 2 aliphatic carbocycles. The lowest BCUT2D eigenvalue weighted by atomic mass is 9.88. The van der Waals surface area contributed by atoms with Crippen LogP contribution in [0.4, 0.5) is 0 Å². The van der Waals surface area contributed by atoms with Crippen molar-refractivity contribution in [1.29, 1.82) is 0 Å². The van der Waals surface area contributed by atoms with Gasteiger partial charge in [0.2, 0.25) is 0 Å². The van der Waals surface area contributed by atoms with Crippen LogP contribution in [0.2, 0.25) is 0 Å². The third kappa shape index (κ3) is 2.75. The summed E-state index contributed by atoms with van der Waals surface area (Å²) in [6, 6.07) is 0.556. The number of rotatable bonds is 5. The number of thiocarbonyl (C=S) groups is 1. The molecule has 3 atom stereocenters. The number of nitrogens with zero attached hydrogens (tertiary/aromatic N) is 1. The van der Waals surface area contributed by atoms with Crippen LogP contribution in [0.1, 0.15) is 39.5 Å². The lowest BCUT2D eigenvalue weighted by Crippen LogP contribution is -2.41. The Bertz CT molecular complexity index is 265. The van der Waals surface area contributed by atoms with Gasteiger partial charge in [0.05, 0.1) is 4.99 Å². The van der Waals surface area contributed by atoms with E-state index < -0.39 is 0 Å². The highest BCUT2D eigenvalue weighted by atomic mass is 32.1. The molecule has 2 bridgehead atoms. The second kappa shape index (κ2) is 5.01. The maximum Gasteiger partial charge on any atom is 0.0870 e. The average Bonchev–Trinajstić information content (AvgIpc) is 2.77. The van der Waals surface area contributed by atoms with Crippen molar-refractivity contribution in [3.05, 3.63) is 0 Å². The van der Waals surface area contributed by atoms with Crippen molar-refractivity contribution >= 4 is 17.2 Å². The van der Waals surface area contributed by atoms with Crippen molar-refractivity contribution in [3.8, 4) is 0 Å². The molecule has 2 fully saturated rings. The Balaban J connectivity index is 1.88. The van der Waals surface area contributed by atoms with Crippen LogP contribution in [-0.4, -0.2) is 29.0 Å². The molecule has 0 aromatic carbocycles. The largest absolute Gasteiger partial charge is 0.392 e. The molecule has 0 radical (unpaired) electrons. The molecule has 0 aromatic heterocycles. The van der Waals surface area contributed by atoms with Gasteiger partial charge in [-0.15, -0.1) is 0 Å². The Morgan fingerprint density at radius 3 is 2.56 bits per heavy atom. The van der Waals surface area contributed by atoms with E-state index in [1.165, 1.54) is 32.2 Å². The number of hydrogen-bond acceptors (Lipinski definition) is 2. The Labute approximate surface area is 105 Å². The Morgan fingerprint density at radius 2 is 2.12 bits per heavy atom. The van der Waals surface area contributed by atoms with Gasteiger partial charge in [-0.1, -0.05) is 18.6 Å². The van der Waals surface area contributed by atoms with Gasteiger partial charge in [0.25, 0.3) is 0 Å². The minimum Gasteiger partial charge on any atom is -0.392 e. The van der Waals surface area contributed by atoms with Crippen molar-refractivity contribution in [2.75, 3.05) is 13.1 Å². The molecule has 2 aliphatic rings. The summed E-state index contributed by atoms with van der Waals surface area (Å²) < 4.78 is 0. The van der Waals surface area contributed by atoms with Gasteiger partial charge in [0.15, 0.2) is 0 Å². The molecular weight excluding hydrogens is 216 g/mol. The molecule has 2 N–H and O–H groups in total. The highest BCUT2D eigenvalue weighted by molar-refractivity contribution is 7.80. The molecule has 2 rings (SSSR count). The molecule has 0 saturated heterocycles. The smallest absolute Gasteiger partial charge is 0.0870 e. The van der Waals surface area contributed by atoms with Crippen LogP contribution in [0, 0.1) is 17.8 Å². The normalized spacial score (nSPS) is 32.9. The van der Waals surface area contributed by atoms with Gasteiger partial charge in [0.1, 0.15) is 0 Å². The van der Waals surface area contributed by atoms with Gasteiger partial charge >= 0.3 is 0 Å². The maximum absolute atomic E-state index is 5.67. The molecule has 0 amide bonds. The summed E-state index contributed by atoms with van der Waals surface area (Å²) in [5, 5.41) is 0. The summed E-state index contributed by atoms with van der Waals surface area (Å²) in [6.07, 6.45) is 5.89. The van der Waals surface area contributed by atoms with Gasteiger partial charge < -0.3 is 5.73 Å². The highest BCUT2D eigenvalue weighted by Crippen LogP contribution is 2.48. The molecule has 0 aromatic rings. The first-order valence-electron chi connectivity index (χ1n) is 6.58. The zero-order valence-electron chi connectivity index (χ0n) is 10.5. The van der Waals surface area contributed by atoms with E-state index in [9.17, 15) is 0 Å². The van der Waals surface area contributed by atoms with Crippen molar-refractivity contribution in [3.63, 3.8) is 0 Å². The first-order chi connectivity index (χ1) is 7.56. The Morgan fingerprint density at radius 1 is 1.38 bits per heavy atom. The van der Waals surface area contributed by atoms with E-state index in [1.807, 2.05) is 0 Å². The summed E-state index contributed by atoms with van der Waals surface area (Å²) in [5.41, 5.74) is 5.67. The topological polar surface area (TPSA) is 29.3 Å². The average molecular weight is 240 g/mol. The summed E-state index contributed by atoms with van der Waals surface area (Å²) in [7, 11) is 0. The van der Waals surface area contributed by atoms with E-state index in [2.05, 4.69) is 18.7 Å². The molecule has 92 valence electrons. The zero-order chi connectivity index (χ0) is 11.7. The molecule has 3 unspecified atom stereocenters. The van der Waals surface area contributed by atoms with Gasteiger partial charge in [-0.05, 0) is 50.9 Å². The van der Waals surface area contributed by atoms with Crippen molar-refractivity contribution in [1.82, 2.24) is 4.90 Å². The molecule has 3 heteroatoms. The summed E-state index contributed by atoms with van der Waals surface area (Å²) in [4.78, 5) is 3.09. The third-order valence-electron chi connectivity index (χ3n) is 4.44. The first kappa shape index (κ1) is 12.3. The fourth-order valence-corrected chi connectivity index (χ4v) is 3.73. The van der Waals surface area contributed by atoms with Crippen molar-refractivity contribution < 1.29 is 0 Å². The number of hydrogen-bond donors (Lipinski definition) is 1. The van der Waals surface area contributed by atoms with Crippen LogP contribution in [0.15, 0.2) is 0 Å². The van der Waals surface area contributed by atoms with E-state index in [1.54, 1.807) is 0 Å². The number of fused-ring (bicyclic) bond motifs is 2. The quantitative estimate of drug-likeness (QED) is 0.748. The predicted octanol–water partition coefficient (Wildman–Crippen LogP) is 2.42. The molecule has 0 aliphatic heterocycles. The van der Waals surface area contributed by atoms with Crippen LogP contribution in [0.5, 0.6) is 0 Å². The first-order valence-corrected chi connectivity index (χ1v) is 6.99. The molecule has 0 spiro atoms. The van der Waals surface area contributed by atoms with Crippen molar-refractivity contribution in [2.24, 2.45) is 23.5 Å². The Kier molecular flexibility index (Phi) is 3.85. The lowest BCUT2D eigenvalue weighted by molar-refractivity contribution is 0.177. The summed E-state index contributed by atoms with van der Waals surface area (Å²) >= 11 is 5.03. The third-order valence-corrected chi connectivity index (χ3v) is 4.57. The molecule has 0 heterocycles. The lowest BCUT2D eigenvalue weighted by Gasteiger charge is -2.32. The van der Waals surface area contributed by atoms with Gasteiger partial charge in [-0.3, -0.25) is 4.90 Å². The summed E-state index contributed by atoms with van der Waals surface area (Å²) in [6.45, 7) is 6.48. The molecule has 2 saturated carbocycles. The summed E-state index contributed by atoms with van der Waals surface area (Å²) in [5.74, 6) is 2.95. The number of nitrogens with two attached hydrogens (primary N) is 1. The van der Waals surface area contributed by atoms with Crippen LogP contribution >= 0.6 is 12.2 Å². The standard InChI is InChI=1S/C13H24N2S/c1-9(2)15(8-13(14)16)7-12-6-10-3-4-11(12)5-10/h9-12H,3-8H2,1-2H3,(H2,14,16). The maximum atomic E-state index is 5.67. The van der Waals surface area contributed by atoms with Gasteiger partial charge in [-0.25, -0.2) is 0 Å². The van der Waals surface area contributed by atoms with Crippen LogP contribution in [0.25, 0.3) is 0 Å². The zero-order valence-corrected chi connectivity index (χ0v) is 11.3. The SMILES string of the molecule is CC(C)N(CC(N)=S)CC1CC2CCC1C2. The van der Waals surface area contributed by atoms with Crippen LogP contribution in [-0.2, 0) is 0 Å². The molecular formula is C13H24N2S. The van der Waals surface area contributed by atoms with E-state index in [4.69, 9.17) is 18.0 Å². The van der Waals surface area contributed by atoms with E-state index in [0.29, 0.717) is 11.0 Å². The monoisotopic (exact) mass is 240 g/mol. The minimum atomic E-state index is 0.556. The highest BCUT2D eigenvalue weighted by Gasteiger charge is 2.40. The van der Waals surface area contributed by atoms with Crippen molar-refractivity contribution in [2.45, 2.75) is 45.6 Å². The van der Waals surface area contributed by atoms with E-state index >= 15 is 0 Å². The second-order valence-corrected chi connectivity index (χ2v) is 6.45. The fraction of sp³-hybridized carbons (Fsp3) is 0.923. The van der Waals surface area contributed by atoms with Gasteiger partial charge in [-0.2, -0.15) is 0 Å².